The van der Waals surface area contributed by atoms with E-state index in [2.05, 4.69) is 13.8 Å². The van der Waals surface area contributed by atoms with Crippen LogP contribution < -0.4 is 5.73 Å². The molecule has 9 nitrogen and oxygen atoms in total. The average molecular weight is 692 g/mol. The molecule has 0 aromatic carbocycles. The van der Waals surface area contributed by atoms with Crippen molar-refractivity contribution in [3.05, 3.63) is 0 Å². The lowest BCUT2D eigenvalue weighted by Crippen LogP contribution is -2.29. The van der Waals surface area contributed by atoms with Crippen LogP contribution in [0, 0.1) is 0 Å². The summed E-state index contributed by atoms with van der Waals surface area (Å²) in [6.45, 7) is 3.73. The zero-order valence-electron chi connectivity index (χ0n) is 30.5. The summed E-state index contributed by atoms with van der Waals surface area (Å²) in [7, 11) is -4.36. The van der Waals surface area contributed by atoms with Crippen molar-refractivity contribution < 1.29 is 37.6 Å². The zero-order valence-corrected chi connectivity index (χ0v) is 31.4. The molecule has 1 unspecified atom stereocenters. The summed E-state index contributed by atoms with van der Waals surface area (Å²) in [4.78, 5) is 34.6. The lowest BCUT2D eigenvalue weighted by molar-refractivity contribution is -0.161. The number of phosphoric ester groups is 1. The molecule has 0 bridgehead atoms. The quantitative estimate of drug-likeness (QED) is 0.0371. The predicted molar refractivity (Wildman–Crippen MR) is 192 cm³/mol. The van der Waals surface area contributed by atoms with Crippen LogP contribution in [0.5, 0.6) is 0 Å². The Morgan fingerprint density at radius 2 is 0.915 bits per heavy atom. The summed E-state index contributed by atoms with van der Waals surface area (Å²) in [6, 6.07) is 0. The van der Waals surface area contributed by atoms with Gasteiger partial charge in [-0.1, -0.05) is 168 Å². The molecule has 0 fully saturated rings. The van der Waals surface area contributed by atoms with E-state index in [9.17, 15) is 19.0 Å². The van der Waals surface area contributed by atoms with Crippen molar-refractivity contribution in [2.24, 2.45) is 5.73 Å². The zero-order chi connectivity index (χ0) is 34.7. The van der Waals surface area contributed by atoms with E-state index >= 15 is 0 Å². The summed E-state index contributed by atoms with van der Waals surface area (Å²) in [5.74, 6) is -0.820. The Morgan fingerprint density at radius 3 is 1.30 bits per heavy atom. The van der Waals surface area contributed by atoms with Gasteiger partial charge in [0.1, 0.15) is 6.61 Å². The molecule has 3 N–H and O–H groups in total. The molecule has 0 amide bonds. The van der Waals surface area contributed by atoms with Crippen molar-refractivity contribution in [2.75, 3.05) is 26.4 Å². The Bertz CT molecular complexity index is 754. The van der Waals surface area contributed by atoms with E-state index in [1.807, 2.05) is 0 Å². The highest BCUT2D eigenvalue weighted by atomic mass is 31.2. The molecule has 47 heavy (non-hydrogen) atoms. The molecule has 10 heteroatoms. The van der Waals surface area contributed by atoms with E-state index in [1.165, 1.54) is 128 Å². The number of carbonyl (C=O) groups is 2. The molecular weight excluding hydrogens is 617 g/mol. The van der Waals surface area contributed by atoms with Gasteiger partial charge in [0, 0.05) is 19.4 Å². The molecule has 0 aliphatic heterocycles. The highest BCUT2D eigenvalue weighted by Crippen LogP contribution is 2.43. The van der Waals surface area contributed by atoms with Crippen LogP contribution in [0.3, 0.4) is 0 Å². The summed E-state index contributed by atoms with van der Waals surface area (Å²) in [5, 5.41) is 0. The third kappa shape index (κ3) is 34.7. The van der Waals surface area contributed by atoms with E-state index in [1.54, 1.807) is 0 Å². The van der Waals surface area contributed by atoms with Gasteiger partial charge in [0.2, 0.25) is 0 Å². The van der Waals surface area contributed by atoms with Gasteiger partial charge in [-0.15, -0.1) is 0 Å². The van der Waals surface area contributed by atoms with E-state index in [4.69, 9.17) is 24.3 Å². The van der Waals surface area contributed by atoms with Crippen LogP contribution in [0.1, 0.15) is 194 Å². The second-order valence-corrected chi connectivity index (χ2v) is 14.6. The Morgan fingerprint density at radius 1 is 0.553 bits per heavy atom. The van der Waals surface area contributed by atoms with Gasteiger partial charge in [-0.25, -0.2) is 4.57 Å². The Labute approximate surface area is 288 Å². The van der Waals surface area contributed by atoms with Crippen molar-refractivity contribution in [3.8, 4) is 0 Å². The standard InChI is InChI=1S/C37H74NO8P/c1-3-5-7-9-11-13-14-15-16-17-18-19-20-22-24-26-28-30-37(40)46-35(34-45-47(41,42)44-32-31-38)33-43-36(39)29-27-25-23-21-12-10-8-6-4-2/h35H,3-34,38H2,1-2H3,(H,41,42)/t35-/m1/s1. The Kier molecular flexibility index (Phi) is 34.1. The van der Waals surface area contributed by atoms with Crippen molar-refractivity contribution in [3.63, 3.8) is 0 Å². The van der Waals surface area contributed by atoms with Crippen molar-refractivity contribution in [1.29, 1.82) is 0 Å². The number of unbranched alkanes of at least 4 members (excludes halogenated alkanes) is 24. The van der Waals surface area contributed by atoms with Crippen LogP contribution in [0.25, 0.3) is 0 Å². The van der Waals surface area contributed by atoms with Crippen LogP contribution >= 0.6 is 7.82 Å². The van der Waals surface area contributed by atoms with Gasteiger partial charge >= 0.3 is 19.8 Å². The van der Waals surface area contributed by atoms with Gasteiger partial charge in [0.05, 0.1) is 13.2 Å². The topological polar surface area (TPSA) is 134 Å². The first kappa shape index (κ1) is 46.0. The van der Waals surface area contributed by atoms with Gasteiger partial charge in [-0.3, -0.25) is 18.6 Å². The molecule has 0 aromatic heterocycles. The second kappa shape index (κ2) is 34.9. The molecule has 0 rings (SSSR count). The number of ether oxygens (including phenoxy) is 2. The van der Waals surface area contributed by atoms with Crippen molar-refractivity contribution in [1.82, 2.24) is 0 Å². The highest BCUT2D eigenvalue weighted by Gasteiger charge is 2.26. The van der Waals surface area contributed by atoms with Gasteiger partial charge in [0.25, 0.3) is 0 Å². The summed E-state index contributed by atoms with van der Waals surface area (Å²) in [5.41, 5.74) is 5.33. The minimum Gasteiger partial charge on any atom is -0.462 e. The largest absolute Gasteiger partial charge is 0.472 e. The number of hydrogen-bond acceptors (Lipinski definition) is 8. The third-order valence-corrected chi connectivity index (χ3v) is 9.48. The first-order valence-electron chi connectivity index (χ1n) is 19.5. The molecule has 0 aromatic rings. The number of carbonyl (C=O) groups excluding carboxylic acids is 2. The monoisotopic (exact) mass is 692 g/mol. The Hall–Kier alpha value is -0.990. The predicted octanol–water partition coefficient (Wildman–Crippen LogP) is 10.5. The molecule has 0 saturated carbocycles. The minimum absolute atomic E-state index is 0.0577. The number of nitrogens with two attached hydrogens (primary N) is 1. The third-order valence-electron chi connectivity index (χ3n) is 8.49. The molecule has 0 spiro atoms. The van der Waals surface area contributed by atoms with E-state index in [0.29, 0.717) is 6.42 Å². The fourth-order valence-corrected chi connectivity index (χ4v) is 6.34. The molecule has 0 aliphatic rings. The molecule has 0 radical (unpaired) electrons. The van der Waals surface area contributed by atoms with Gasteiger partial charge in [0.15, 0.2) is 6.10 Å². The van der Waals surface area contributed by atoms with Crippen LogP contribution in [0.15, 0.2) is 0 Å². The summed E-state index contributed by atoms with van der Waals surface area (Å²) < 4.78 is 32.6. The van der Waals surface area contributed by atoms with Gasteiger partial charge < -0.3 is 20.1 Å². The van der Waals surface area contributed by atoms with E-state index in [0.717, 1.165) is 32.1 Å². The van der Waals surface area contributed by atoms with Crippen LogP contribution in [0.2, 0.25) is 0 Å². The van der Waals surface area contributed by atoms with Crippen molar-refractivity contribution >= 4 is 19.8 Å². The number of rotatable bonds is 37. The second-order valence-electron chi connectivity index (χ2n) is 13.2. The highest BCUT2D eigenvalue weighted by molar-refractivity contribution is 7.47. The first-order valence-corrected chi connectivity index (χ1v) is 21.0. The number of esters is 2. The normalized spacial score (nSPS) is 13.4. The van der Waals surface area contributed by atoms with Crippen molar-refractivity contribution in [2.45, 2.75) is 200 Å². The maximum absolute atomic E-state index is 12.5. The molecule has 280 valence electrons. The van der Waals surface area contributed by atoms with Gasteiger partial charge in [-0.05, 0) is 12.8 Å². The molecule has 0 aliphatic carbocycles. The fourth-order valence-electron chi connectivity index (χ4n) is 5.58. The van der Waals surface area contributed by atoms with E-state index in [-0.39, 0.29) is 38.6 Å². The number of hydrogen-bond donors (Lipinski definition) is 2. The molecular formula is C37H74NO8P. The fraction of sp³-hybridized carbons (Fsp3) is 0.946. The van der Waals surface area contributed by atoms with E-state index < -0.39 is 26.5 Å². The maximum atomic E-state index is 12.5. The summed E-state index contributed by atoms with van der Waals surface area (Å²) in [6.07, 6.45) is 31.4. The minimum atomic E-state index is -4.36. The van der Waals surface area contributed by atoms with Gasteiger partial charge in [-0.2, -0.15) is 0 Å². The SMILES string of the molecule is CCCCCCCCCCCCCCCCCCCC(=O)O[C@H](COC(=O)CCCCCCCCCCC)COP(=O)(O)OCCN. The summed E-state index contributed by atoms with van der Waals surface area (Å²) >= 11 is 0. The van der Waals surface area contributed by atoms with Crippen LogP contribution in [-0.2, 0) is 32.7 Å². The lowest BCUT2D eigenvalue weighted by atomic mass is 10.0. The molecule has 0 saturated heterocycles. The van der Waals surface area contributed by atoms with Crippen LogP contribution in [0.4, 0.5) is 0 Å². The van der Waals surface area contributed by atoms with Crippen LogP contribution in [-0.4, -0.2) is 49.3 Å². The lowest BCUT2D eigenvalue weighted by Gasteiger charge is -2.19. The Balaban J connectivity index is 4.12. The number of phosphoric acid groups is 1. The molecule has 0 heterocycles. The smallest absolute Gasteiger partial charge is 0.462 e. The molecule has 2 atom stereocenters. The maximum Gasteiger partial charge on any atom is 0.472 e. The average Bonchev–Trinajstić information content (AvgIpc) is 3.05. The first-order chi connectivity index (χ1) is 22.8.